The smallest absolute Gasteiger partial charge is 0.339 e. The monoisotopic (exact) mass is 538 g/mol. The molecule has 0 saturated carbocycles. The van der Waals surface area contributed by atoms with E-state index in [-0.39, 0.29) is 23.9 Å². The first-order chi connectivity index (χ1) is 18.7. The van der Waals surface area contributed by atoms with E-state index in [0.717, 1.165) is 17.5 Å². The number of amides is 2. The second-order valence-corrected chi connectivity index (χ2v) is 9.76. The highest BCUT2D eigenvalue weighted by atomic mass is 19.4. The fourth-order valence-corrected chi connectivity index (χ4v) is 5.15. The van der Waals surface area contributed by atoms with E-state index in [1.54, 1.807) is 27.8 Å². The van der Waals surface area contributed by atoms with Crippen molar-refractivity contribution in [3.05, 3.63) is 70.9 Å². The Balaban J connectivity index is 1.31. The van der Waals surface area contributed by atoms with Crippen LogP contribution in [-0.4, -0.2) is 80.6 Å². The summed E-state index contributed by atoms with van der Waals surface area (Å²) in [6, 6.07) is 5.59. The topological polar surface area (TPSA) is 83.2 Å². The molecule has 2 aliphatic heterocycles. The normalized spacial score (nSPS) is 16.0. The molecule has 0 spiro atoms. The highest BCUT2D eigenvalue weighted by molar-refractivity contribution is 6.27. The van der Waals surface area contributed by atoms with Gasteiger partial charge in [-0.2, -0.15) is 13.2 Å². The van der Waals surface area contributed by atoms with Crippen LogP contribution in [0.5, 0.6) is 0 Å². The van der Waals surface area contributed by atoms with Crippen molar-refractivity contribution in [2.75, 3.05) is 32.7 Å². The minimum Gasteiger partial charge on any atom is -0.339 e. The number of piperazine rings is 1. The summed E-state index contributed by atoms with van der Waals surface area (Å²) in [7, 11) is 0. The standard InChI is InChI=1S/C28H29F3N6O2/c1-3-4-24(38)35-11-13-36(14-12-35)27(39)20-6-5-19(15-18(20)2)16-22-26-34-17-23(37(26)10-9-32-22)21-7-8-33-25(21)28(29,30)31/h5-7,9-10,15,17H,3-4,8,11-14,16H2,1-2H3. The molecular formula is C28H29F3N6O2. The zero-order valence-corrected chi connectivity index (χ0v) is 21.8. The maximum Gasteiger partial charge on any atom is 0.433 e. The summed E-state index contributed by atoms with van der Waals surface area (Å²) in [6.07, 6.45) is 3.20. The van der Waals surface area contributed by atoms with Gasteiger partial charge < -0.3 is 9.80 Å². The molecule has 2 aromatic heterocycles. The van der Waals surface area contributed by atoms with Crippen molar-refractivity contribution in [3.63, 3.8) is 0 Å². The first kappa shape index (κ1) is 26.6. The van der Waals surface area contributed by atoms with Gasteiger partial charge in [-0.25, -0.2) is 4.98 Å². The molecule has 1 saturated heterocycles. The van der Waals surface area contributed by atoms with Crippen LogP contribution in [0.2, 0.25) is 0 Å². The predicted octanol–water partition coefficient (Wildman–Crippen LogP) is 4.11. The van der Waals surface area contributed by atoms with Crippen LogP contribution in [0, 0.1) is 6.92 Å². The lowest BCUT2D eigenvalue weighted by atomic mass is 10.0. The molecule has 0 bridgehead atoms. The number of aromatic nitrogens is 3. The number of allylic oxidation sites excluding steroid dienone is 1. The summed E-state index contributed by atoms with van der Waals surface area (Å²) < 4.78 is 41.9. The molecule has 8 nitrogen and oxygen atoms in total. The van der Waals surface area contributed by atoms with Gasteiger partial charge in [0, 0.05) is 62.6 Å². The van der Waals surface area contributed by atoms with Gasteiger partial charge in [-0.1, -0.05) is 25.1 Å². The maximum absolute atomic E-state index is 13.4. The quantitative estimate of drug-likeness (QED) is 0.473. The summed E-state index contributed by atoms with van der Waals surface area (Å²) in [5.74, 6) is 0.0685. The maximum atomic E-state index is 13.4. The van der Waals surface area contributed by atoms with Gasteiger partial charge in [0.2, 0.25) is 5.91 Å². The number of aryl methyl sites for hydroxylation is 1. The molecule has 4 heterocycles. The van der Waals surface area contributed by atoms with Gasteiger partial charge in [0.1, 0.15) is 5.71 Å². The third-order valence-electron chi connectivity index (χ3n) is 7.12. The number of halogens is 3. The number of rotatable bonds is 6. The van der Waals surface area contributed by atoms with Crippen molar-refractivity contribution in [2.45, 2.75) is 39.3 Å². The third-order valence-corrected chi connectivity index (χ3v) is 7.12. The predicted molar refractivity (Wildman–Crippen MR) is 141 cm³/mol. The van der Waals surface area contributed by atoms with Crippen molar-refractivity contribution in [2.24, 2.45) is 4.99 Å². The molecule has 0 radical (unpaired) electrons. The summed E-state index contributed by atoms with van der Waals surface area (Å²) in [4.78, 5) is 41.4. The largest absolute Gasteiger partial charge is 0.433 e. The van der Waals surface area contributed by atoms with Gasteiger partial charge in [0.15, 0.2) is 5.65 Å². The highest BCUT2D eigenvalue weighted by Gasteiger charge is 2.40. The van der Waals surface area contributed by atoms with E-state index in [4.69, 9.17) is 0 Å². The number of alkyl halides is 3. The van der Waals surface area contributed by atoms with E-state index in [9.17, 15) is 22.8 Å². The molecular weight excluding hydrogens is 509 g/mol. The van der Waals surface area contributed by atoms with Gasteiger partial charge in [-0.05, 0) is 30.5 Å². The Hall–Kier alpha value is -4.02. The van der Waals surface area contributed by atoms with Crippen molar-refractivity contribution in [1.29, 1.82) is 0 Å². The van der Waals surface area contributed by atoms with Gasteiger partial charge in [-0.3, -0.25) is 24.0 Å². The van der Waals surface area contributed by atoms with Crippen molar-refractivity contribution in [1.82, 2.24) is 24.2 Å². The van der Waals surface area contributed by atoms with Crippen molar-refractivity contribution in [3.8, 4) is 0 Å². The van der Waals surface area contributed by atoms with Gasteiger partial charge in [0.05, 0.1) is 24.1 Å². The molecule has 0 aliphatic carbocycles. The van der Waals surface area contributed by atoms with Crippen LogP contribution < -0.4 is 0 Å². The lowest BCUT2D eigenvalue weighted by molar-refractivity contribution is -0.132. The molecule has 11 heteroatoms. The van der Waals surface area contributed by atoms with Gasteiger partial charge >= 0.3 is 6.18 Å². The molecule has 204 valence electrons. The lowest BCUT2D eigenvalue weighted by Crippen LogP contribution is -2.50. The summed E-state index contributed by atoms with van der Waals surface area (Å²) in [6.45, 7) is 5.91. The van der Waals surface area contributed by atoms with Crippen LogP contribution in [0.4, 0.5) is 13.2 Å². The van der Waals surface area contributed by atoms with Crippen molar-refractivity contribution < 1.29 is 22.8 Å². The summed E-state index contributed by atoms with van der Waals surface area (Å²) >= 11 is 0. The van der Waals surface area contributed by atoms with E-state index < -0.39 is 11.9 Å². The Morgan fingerprint density at radius 2 is 1.79 bits per heavy atom. The Morgan fingerprint density at radius 3 is 2.49 bits per heavy atom. The number of nitrogens with zero attached hydrogens (tertiary/aromatic N) is 6. The number of hydrogen-bond donors (Lipinski definition) is 0. The Morgan fingerprint density at radius 1 is 1.05 bits per heavy atom. The minimum atomic E-state index is -4.54. The van der Waals surface area contributed by atoms with Gasteiger partial charge in [-0.15, -0.1) is 0 Å². The second kappa shape index (κ2) is 10.6. The number of aliphatic imine (C=N–C) groups is 1. The number of carbonyl (C=O) groups is 2. The molecule has 0 unspecified atom stereocenters. The highest BCUT2D eigenvalue weighted by Crippen LogP contribution is 2.32. The number of imidazole rings is 1. The van der Waals surface area contributed by atoms with Crippen LogP contribution in [0.25, 0.3) is 11.2 Å². The molecule has 2 amide bonds. The number of fused-ring (bicyclic) bond motifs is 1. The summed E-state index contributed by atoms with van der Waals surface area (Å²) in [5, 5.41) is 0. The molecule has 3 aromatic rings. The fraction of sp³-hybridized carbons (Fsp3) is 0.393. The van der Waals surface area contributed by atoms with Crippen LogP contribution in [0.15, 0.2) is 47.9 Å². The van der Waals surface area contributed by atoms with Crippen LogP contribution in [0.1, 0.15) is 52.6 Å². The zero-order chi connectivity index (χ0) is 27.7. The van der Waals surface area contributed by atoms with Gasteiger partial charge in [0.25, 0.3) is 5.91 Å². The Kier molecular flexibility index (Phi) is 7.24. The molecule has 1 aromatic carbocycles. The number of carbonyl (C=O) groups excluding carboxylic acids is 2. The third kappa shape index (κ3) is 5.30. The van der Waals surface area contributed by atoms with E-state index >= 15 is 0 Å². The average molecular weight is 539 g/mol. The average Bonchev–Trinajstić information content (AvgIpc) is 3.56. The summed E-state index contributed by atoms with van der Waals surface area (Å²) in [5.41, 5.74) is 2.84. The van der Waals surface area contributed by atoms with E-state index in [1.807, 2.05) is 30.9 Å². The van der Waals surface area contributed by atoms with E-state index in [0.29, 0.717) is 61.6 Å². The van der Waals surface area contributed by atoms with Crippen molar-refractivity contribution >= 4 is 28.7 Å². The minimum absolute atomic E-state index is 0.0152. The van der Waals surface area contributed by atoms with E-state index in [1.165, 1.54) is 12.3 Å². The first-order valence-corrected chi connectivity index (χ1v) is 13.0. The zero-order valence-electron chi connectivity index (χ0n) is 21.8. The lowest BCUT2D eigenvalue weighted by Gasteiger charge is -2.35. The van der Waals surface area contributed by atoms with E-state index in [2.05, 4.69) is 15.0 Å². The Labute approximate surface area is 223 Å². The van der Waals surface area contributed by atoms with Crippen LogP contribution in [0.3, 0.4) is 0 Å². The fourth-order valence-electron chi connectivity index (χ4n) is 5.15. The second-order valence-electron chi connectivity index (χ2n) is 9.76. The van der Waals surface area contributed by atoms with Crippen LogP contribution in [-0.2, 0) is 11.2 Å². The molecule has 0 N–H and O–H groups in total. The first-order valence-electron chi connectivity index (χ1n) is 13.0. The van der Waals surface area contributed by atoms with Crippen LogP contribution >= 0.6 is 0 Å². The Bertz CT molecular complexity index is 1480. The molecule has 39 heavy (non-hydrogen) atoms. The molecule has 2 aliphatic rings. The molecule has 0 atom stereocenters. The molecule has 1 fully saturated rings. The molecule has 5 rings (SSSR count). The number of hydrogen-bond acceptors (Lipinski definition) is 5. The SMILES string of the molecule is CCCC(=O)N1CCN(C(=O)c2ccc(Cc3nccn4c(C5=CCN=C5C(F)(F)F)cnc34)cc2C)CC1. The number of benzene rings is 1.